The molecule has 0 spiro atoms. The van der Waals surface area contributed by atoms with E-state index < -0.39 is 0 Å². The molecule has 2 heteroatoms. The third-order valence-electron chi connectivity index (χ3n) is 3.58. The molecule has 1 aromatic carbocycles. The lowest BCUT2D eigenvalue weighted by Crippen LogP contribution is -2.28. The first kappa shape index (κ1) is 16.7. The molecule has 0 saturated carbocycles. The van der Waals surface area contributed by atoms with Crippen molar-refractivity contribution < 1.29 is 4.79 Å². The summed E-state index contributed by atoms with van der Waals surface area (Å²) in [5, 5.41) is 0. The first-order chi connectivity index (χ1) is 9.41. The second-order valence-corrected chi connectivity index (χ2v) is 6.43. The summed E-state index contributed by atoms with van der Waals surface area (Å²) in [7, 11) is 0. The van der Waals surface area contributed by atoms with Crippen LogP contribution in [0.1, 0.15) is 57.8 Å². The summed E-state index contributed by atoms with van der Waals surface area (Å²) < 4.78 is 0. The van der Waals surface area contributed by atoms with E-state index in [4.69, 9.17) is 0 Å². The van der Waals surface area contributed by atoms with Crippen LogP contribution in [0, 0.1) is 11.8 Å². The molecule has 0 aromatic heterocycles. The lowest BCUT2D eigenvalue weighted by Gasteiger charge is -2.28. The van der Waals surface area contributed by atoms with Crippen LogP contribution in [0.25, 0.3) is 0 Å². The van der Waals surface area contributed by atoms with Crippen LogP contribution in [0.3, 0.4) is 0 Å². The Labute approximate surface area is 124 Å². The monoisotopic (exact) mass is 275 g/mol. The molecule has 1 rings (SSSR count). The smallest absolute Gasteiger partial charge is 0.161 e. The largest absolute Gasteiger partial charge is 0.371 e. The van der Waals surface area contributed by atoms with Gasteiger partial charge in [-0.3, -0.25) is 4.79 Å². The van der Waals surface area contributed by atoms with Gasteiger partial charge in [-0.05, 0) is 43.7 Å². The van der Waals surface area contributed by atoms with Crippen LogP contribution < -0.4 is 4.90 Å². The van der Waals surface area contributed by atoms with Gasteiger partial charge in [-0.1, -0.05) is 39.8 Å². The zero-order valence-corrected chi connectivity index (χ0v) is 13.6. The molecule has 0 unspecified atom stereocenters. The Morgan fingerprint density at radius 2 is 1.50 bits per heavy atom. The number of nitrogens with zero attached hydrogens (tertiary/aromatic N) is 1. The van der Waals surface area contributed by atoms with Gasteiger partial charge in [-0.25, -0.2) is 0 Å². The minimum Gasteiger partial charge on any atom is -0.371 e. The van der Waals surface area contributed by atoms with Crippen molar-refractivity contribution in [3.8, 4) is 0 Å². The van der Waals surface area contributed by atoms with Gasteiger partial charge in [-0.15, -0.1) is 0 Å². The summed E-state index contributed by atoms with van der Waals surface area (Å²) in [6.07, 6.45) is 2.31. The number of anilines is 1. The van der Waals surface area contributed by atoms with E-state index >= 15 is 0 Å². The van der Waals surface area contributed by atoms with E-state index in [-0.39, 0.29) is 5.78 Å². The van der Waals surface area contributed by atoms with E-state index in [1.807, 2.05) is 18.2 Å². The SMILES string of the molecule is CC(=O)c1ccccc1N(CCC(C)C)CCC(C)C. The molecule has 0 atom stereocenters. The molecule has 0 N–H and O–H groups in total. The molecular formula is C18H29NO. The van der Waals surface area contributed by atoms with Gasteiger partial charge < -0.3 is 4.90 Å². The third kappa shape index (κ3) is 5.36. The first-order valence-electron chi connectivity index (χ1n) is 7.76. The van der Waals surface area contributed by atoms with Crippen LogP contribution in [0.5, 0.6) is 0 Å². The molecule has 0 fully saturated rings. The number of ketones is 1. The summed E-state index contributed by atoms with van der Waals surface area (Å²) in [5.41, 5.74) is 1.95. The molecule has 0 aliphatic rings. The molecule has 0 bridgehead atoms. The highest BCUT2D eigenvalue weighted by Crippen LogP contribution is 2.23. The predicted molar refractivity (Wildman–Crippen MR) is 87.6 cm³/mol. The fourth-order valence-electron chi connectivity index (χ4n) is 2.23. The van der Waals surface area contributed by atoms with Gasteiger partial charge >= 0.3 is 0 Å². The van der Waals surface area contributed by atoms with Crippen molar-refractivity contribution in [3.63, 3.8) is 0 Å². The molecule has 0 aliphatic heterocycles. The number of hydrogen-bond donors (Lipinski definition) is 0. The van der Waals surface area contributed by atoms with Crippen LogP contribution in [0.4, 0.5) is 5.69 Å². The van der Waals surface area contributed by atoms with Crippen molar-refractivity contribution in [1.82, 2.24) is 0 Å². The number of Topliss-reactive ketones (excluding diaryl/α,β-unsaturated/α-hetero) is 1. The maximum absolute atomic E-state index is 11.8. The average Bonchev–Trinajstić information content (AvgIpc) is 2.38. The Bertz CT molecular complexity index is 411. The Kier molecular flexibility index (Phi) is 6.77. The van der Waals surface area contributed by atoms with Crippen molar-refractivity contribution in [3.05, 3.63) is 29.8 Å². The van der Waals surface area contributed by atoms with Crippen LogP contribution in [-0.2, 0) is 0 Å². The Morgan fingerprint density at radius 1 is 1.00 bits per heavy atom. The number of carbonyl (C=O) groups excluding carboxylic acids is 1. The summed E-state index contributed by atoms with van der Waals surface area (Å²) in [4.78, 5) is 14.2. The van der Waals surface area contributed by atoms with Crippen molar-refractivity contribution in [2.75, 3.05) is 18.0 Å². The van der Waals surface area contributed by atoms with Gasteiger partial charge in [0.15, 0.2) is 5.78 Å². The fraction of sp³-hybridized carbons (Fsp3) is 0.611. The topological polar surface area (TPSA) is 20.3 Å². The van der Waals surface area contributed by atoms with Crippen LogP contribution in [0.2, 0.25) is 0 Å². The fourth-order valence-corrected chi connectivity index (χ4v) is 2.23. The summed E-state index contributed by atoms with van der Waals surface area (Å²) in [5.74, 6) is 1.52. The molecule has 112 valence electrons. The highest BCUT2D eigenvalue weighted by molar-refractivity contribution is 5.99. The molecule has 0 amide bonds. The number of para-hydroxylation sites is 1. The van der Waals surface area contributed by atoms with Gasteiger partial charge in [-0.2, -0.15) is 0 Å². The average molecular weight is 275 g/mol. The second kappa shape index (κ2) is 8.08. The van der Waals surface area contributed by atoms with Gasteiger partial charge in [0.05, 0.1) is 0 Å². The van der Waals surface area contributed by atoms with Gasteiger partial charge in [0.1, 0.15) is 0 Å². The van der Waals surface area contributed by atoms with E-state index in [2.05, 4.69) is 38.7 Å². The van der Waals surface area contributed by atoms with E-state index in [9.17, 15) is 4.79 Å². The van der Waals surface area contributed by atoms with Crippen LogP contribution >= 0.6 is 0 Å². The molecule has 1 aromatic rings. The maximum Gasteiger partial charge on any atom is 0.161 e. The van der Waals surface area contributed by atoms with Crippen molar-refractivity contribution >= 4 is 11.5 Å². The molecule has 0 radical (unpaired) electrons. The number of benzene rings is 1. The lowest BCUT2D eigenvalue weighted by atomic mass is 10.0. The first-order valence-corrected chi connectivity index (χ1v) is 7.76. The normalized spacial score (nSPS) is 11.2. The van der Waals surface area contributed by atoms with E-state index in [0.717, 1.165) is 37.2 Å². The van der Waals surface area contributed by atoms with E-state index in [1.165, 1.54) is 0 Å². The highest BCUT2D eigenvalue weighted by Gasteiger charge is 2.14. The maximum atomic E-state index is 11.8. The molecule has 0 heterocycles. The zero-order valence-electron chi connectivity index (χ0n) is 13.6. The van der Waals surface area contributed by atoms with Crippen LogP contribution in [0.15, 0.2) is 24.3 Å². The van der Waals surface area contributed by atoms with Gasteiger partial charge in [0.2, 0.25) is 0 Å². The summed E-state index contributed by atoms with van der Waals surface area (Å²) >= 11 is 0. The number of carbonyl (C=O) groups is 1. The Balaban J connectivity index is 2.93. The van der Waals surface area contributed by atoms with Crippen LogP contribution in [-0.4, -0.2) is 18.9 Å². The Hall–Kier alpha value is -1.31. The Morgan fingerprint density at radius 3 is 1.95 bits per heavy atom. The molecule has 20 heavy (non-hydrogen) atoms. The van der Waals surface area contributed by atoms with E-state index in [1.54, 1.807) is 6.92 Å². The van der Waals surface area contributed by atoms with Crippen molar-refractivity contribution in [2.45, 2.75) is 47.5 Å². The van der Waals surface area contributed by atoms with E-state index in [0.29, 0.717) is 11.8 Å². The predicted octanol–water partition coefficient (Wildman–Crippen LogP) is 4.79. The quantitative estimate of drug-likeness (QED) is 0.636. The molecule has 0 saturated heterocycles. The lowest BCUT2D eigenvalue weighted by molar-refractivity contribution is 0.101. The molecule has 0 aliphatic carbocycles. The molecule has 2 nitrogen and oxygen atoms in total. The van der Waals surface area contributed by atoms with Crippen molar-refractivity contribution in [1.29, 1.82) is 0 Å². The zero-order chi connectivity index (χ0) is 15.1. The number of hydrogen-bond acceptors (Lipinski definition) is 2. The van der Waals surface area contributed by atoms with Gasteiger partial charge in [0, 0.05) is 24.3 Å². The standard InChI is InChI=1S/C18H29NO/c1-14(2)10-12-19(13-11-15(3)4)18-9-7-6-8-17(18)16(5)20/h6-9,14-15H,10-13H2,1-5H3. The summed E-state index contributed by atoms with van der Waals surface area (Å²) in [6, 6.07) is 8.00. The number of rotatable bonds is 8. The van der Waals surface area contributed by atoms with Crippen molar-refractivity contribution in [2.24, 2.45) is 11.8 Å². The summed E-state index contributed by atoms with van der Waals surface area (Å²) in [6.45, 7) is 12.7. The van der Waals surface area contributed by atoms with Gasteiger partial charge in [0.25, 0.3) is 0 Å². The molecular weight excluding hydrogens is 246 g/mol. The highest BCUT2D eigenvalue weighted by atomic mass is 16.1. The minimum atomic E-state index is 0.152. The second-order valence-electron chi connectivity index (χ2n) is 6.43. The minimum absolute atomic E-state index is 0.152. The third-order valence-corrected chi connectivity index (χ3v) is 3.58.